The molecular weight excluding hydrogens is 374 g/mol. The van der Waals surface area contributed by atoms with E-state index in [0.717, 1.165) is 18.4 Å². The summed E-state index contributed by atoms with van der Waals surface area (Å²) in [7, 11) is -3.72. The van der Waals surface area contributed by atoms with Gasteiger partial charge in [0.15, 0.2) is 0 Å². The number of carbonyl (C=O) groups excluding carboxylic acids is 1. The standard InChI is InChI=1S/C22H27NO4S/c1-4-16(5-2)18-12-13-20-21(18)19(22(24)27-6-3)14-15-23(20)28(25,26)17-10-8-7-9-11-17/h7-15,19-21H,4-6H2,1-3H3/t19-,20-,21-/m1/s1. The summed E-state index contributed by atoms with van der Waals surface area (Å²) in [6.45, 7) is 6.25. The number of benzene rings is 1. The third-order valence-corrected chi connectivity index (χ3v) is 7.25. The molecule has 5 nitrogen and oxygen atoms in total. The van der Waals surface area contributed by atoms with Crippen molar-refractivity contribution in [3.8, 4) is 0 Å². The van der Waals surface area contributed by atoms with Crippen LogP contribution >= 0.6 is 0 Å². The molecule has 1 heterocycles. The second kappa shape index (κ2) is 8.35. The van der Waals surface area contributed by atoms with Crippen molar-refractivity contribution < 1.29 is 17.9 Å². The number of rotatable bonds is 6. The summed E-state index contributed by atoms with van der Waals surface area (Å²) in [5.41, 5.74) is 2.30. The second-order valence-corrected chi connectivity index (χ2v) is 8.75. The molecule has 0 amide bonds. The largest absolute Gasteiger partial charge is 0.466 e. The molecule has 0 aromatic heterocycles. The number of fused-ring (bicyclic) bond motifs is 1. The monoisotopic (exact) mass is 401 g/mol. The van der Waals surface area contributed by atoms with E-state index in [1.807, 2.05) is 12.2 Å². The van der Waals surface area contributed by atoms with E-state index in [9.17, 15) is 13.2 Å². The average Bonchev–Trinajstić information content (AvgIpc) is 3.14. The zero-order valence-corrected chi connectivity index (χ0v) is 17.4. The van der Waals surface area contributed by atoms with Gasteiger partial charge in [0.1, 0.15) is 0 Å². The Morgan fingerprint density at radius 2 is 1.75 bits per heavy atom. The normalized spacial score (nSPS) is 23.6. The van der Waals surface area contributed by atoms with E-state index in [1.165, 1.54) is 16.1 Å². The van der Waals surface area contributed by atoms with Crippen LogP contribution in [0.5, 0.6) is 0 Å². The molecule has 2 aliphatic rings. The number of esters is 1. The third-order valence-electron chi connectivity index (χ3n) is 5.46. The fraction of sp³-hybridized carbons (Fsp3) is 0.409. The summed E-state index contributed by atoms with van der Waals surface area (Å²) in [5.74, 6) is -1.07. The second-order valence-electron chi connectivity index (χ2n) is 6.91. The molecule has 6 heteroatoms. The predicted octanol–water partition coefficient (Wildman–Crippen LogP) is 4.06. The van der Waals surface area contributed by atoms with E-state index in [0.29, 0.717) is 6.61 Å². The molecule has 0 spiro atoms. The lowest BCUT2D eigenvalue weighted by molar-refractivity contribution is -0.148. The molecule has 0 radical (unpaired) electrons. The summed E-state index contributed by atoms with van der Waals surface area (Å²) in [6.07, 6.45) is 8.83. The SMILES string of the molecule is CCOC(=O)[C@@H]1C=CN(S(=O)(=O)c2ccccc2)[C@@H]2C=CC(=C(CC)CC)[C@@H]21. The summed E-state index contributed by atoms with van der Waals surface area (Å²) in [5, 5.41) is 0. The van der Waals surface area contributed by atoms with Crippen molar-refractivity contribution in [1.29, 1.82) is 0 Å². The van der Waals surface area contributed by atoms with Crippen LogP contribution in [0.1, 0.15) is 33.6 Å². The van der Waals surface area contributed by atoms with Gasteiger partial charge >= 0.3 is 5.97 Å². The van der Waals surface area contributed by atoms with Crippen molar-refractivity contribution in [2.75, 3.05) is 6.61 Å². The van der Waals surface area contributed by atoms with Gasteiger partial charge < -0.3 is 4.74 Å². The lowest BCUT2D eigenvalue weighted by atomic mass is 9.80. The van der Waals surface area contributed by atoms with Gasteiger partial charge in [0, 0.05) is 12.1 Å². The number of hydrogen-bond acceptors (Lipinski definition) is 4. The number of hydrogen-bond donors (Lipinski definition) is 0. The predicted molar refractivity (Wildman–Crippen MR) is 109 cm³/mol. The van der Waals surface area contributed by atoms with Crippen molar-refractivity contribution in [2.24, 2.45) is 11.8 Å². The van der Waals surface area contributed by atoms with Crippen LogP contribution in [-0.2, 0) is 19.6 Å². The van der Waals surface area contributed by atoms with E-state index >= 15 is 0 Å². The highest BCUT2D eigenvalue weighted by atomic mass is 32.2. The Bertz CT molecular complexity index is 909. The van der Waals surface area contributed by atoms with E-state index < -0.39 is 22.0 Å². The van der Waals surface area contributed by atoms with Gasteiger partial charge in [-0.15, -0.1) is 0 Å². The Hall–Kier alpha value is -2.34. The molecule has 1 aromatic carbocycles. The Morgan fingerprint density at radius 1 is 1.07 bits per heavy atom. The molecule has 150 valence electrons. The molecule has 28 heavy (non-hydrogen) atoms. The summed E-state index contributed by atoms with van der Waals surface area (Å²) < 4.78 is 33.2. The molecule has 0 bridgehead atoms. The van der Waals surface area contributed by atoms with Gasteiger partial charge in [0.2, 0.25) is 0 Å². The number of nitrogens with zero attached hydrogens (tertiary/aromatic N) is 1. The molecule has 3 atom stereocenters. The highest BCUT2D eigenvalue weighted by molar-refractivity contribution is 7.89. The quantitative estimate of drug-likeness (QED) is 0.675. The van der Waals surface area contributed by atoms with Crippen molar-refractivity contribution in [2.45, 2.75) is 44.6 Å². The van der Waals surface area contributed by atoms with Crippen molar-refractivity contribution in [3.63, 3.8) is 0 Å². The summed E-state index contributed by atoms with van der Waals surface area (Å²) >= 11 is 0. The van der Waals surface area contributed by atoms with Crippen molar-refractivity contribution in [3.05, 3.63) is 65.9 Å². The van der Waals surface area contributed by atoms with E-state index in [1.54, 1.807) is 43.3 Å². The van der Waals surface area contributed by atoms with Crippen LogP contribution in [0, 0.1) is 11.8 Å². The van der Waals surface area contributed by atoms with Gasteiger partial charge in [-0.25, -0.2) is 8.42 Å². The van der Waals surface area contributed by atoms with Crippen LogP contribution in [0.3, 0.4) is 0 Å². The Morgan fingerprint density at radius 3 is 2.36 bits per heavy atom. The molecular formula is C22H27NO4S. The number of ether oxygens (including phenoxy) is 1. The lowest BCUT2D eigenvalue weighted by Crippen LogP contribution is -2.46. The van der Waals surface area contributed by atoms with Gasteiger partial charge in [-0.1, -0.05) is 55.8 Å². The molecule has 0 N–H and O–H groups in total. The smallest absolute Gasteiger partial charge is 0.313 e. The number of sulfonamides is 1. The minimum atomic E-state index is -3.72. The zero-order valence-electron chi connectivity index (χ0n) is 16.5. The van der Waals surface area contributed by atoms with Crippen LogP contribution in [-0.4, -0.2) is 31.3 Å². The van der Waals surface area contributed by atoms with E-state index in [-0.39, 0.29) is 16.8 Å². The molecule has 1 aliphatic carbocycles. The first-order valence-corrected chi connectivity index (χ1v) is 11.2. The van der Waals surface area contributed by atoms with Crippen molar-refractivity contribution in [1.82, 2.24) is 4.31 Å². The van der Waals surface area contributed by atoms with Gasteiger partial charge in [0.25, 0.3) is 10.0 Å². The molecule has 1 aliphatic heterocycles. The highest BCUT2D eigenvalue weighted by Crippen LogP contribution is 2.43. The molecule has 0 unspecified atom stereocenters. The maximum Gasteiger partial charge on any atom is 0.313 e. The fourth-order valence-corrected chi connectivity index (χ4v) is 5.59. The third kappa shape index (κ3) is 3.53. The summed E-state index contributed by atoms with van der Waals surface area (Å²) in [4.78, 5) is 12.9. The number of carbonyl (C=O) groups is 1. The average molecular weight is 402 g/mol. The maximum atomic E-state index is 13.3. The Labute approximate surface area is 167 Å². The van der Waals surface area contributed by atoms with Gasteiger partial charge in [-0.05, 0) is 37.5 Å². The molecule has 0 fully saturated rings. The minimum Gasteiger partial charge on any atom is -0.466 e. The lowest BCUT2D eigenvalue weighted by Gasteiger charge is -2.38. The van der Waals surface area contributed by atoms with Crippen molar-refractivity contribution >= 4 is 16.0 Å². The molecule has 1 aromatic rings. The van der Waals surface area contributed by atoms with Crippen LogP contribution in [0.4, 0.5) is 0 Å². The van der Waals surface area contributed by atoms with Gasteiger partial charge in [-0.2, -0.15) is 0 Å². The number of allylic oxidation sites excluding steroid dienone is 2. The minimum absolute atomic E-state index is 0.241. The van der Waals surface area contributed by atoms with Crippen LogP contribution in [0.2, 0.25) is 0 Å². The highest BCUT2D eigenvalue weighted by Gasteiger charge is 2.46. The first-order valence-electron chi connectivity index (χ1n) is 9.79. The zero-order chi connectivity index (χ0) is 20.3. The van der Waals surface area contributed by atoms with Gasteiger partial charge in [0.05, 0.1) is 23.5 Å². The molecule has 0 saturated heterocycles. The maximum absolute atomic E-state index is 13.3. The van der Waals surface area contributed by atoms with Crippen LogP contribution in [0.15, 0.2) is 70.8 Å². The first-order chi connectivity index (χ1) is 13.5. The van der Waals surface area contributed by atoms with E-state index in [4.69, 9.17) is 4.74 Å². The van der Waals surface area contributed by atoms with Gasteiger partial charge in [-0.3, -0.25) is 9.10 Å². The Kier molecular flexibility index (Phi) is 6.08. The van der Waals surface area contributed by atoms with E-state index in [2.05, 4.69) is 13.8 Å². The Balaban J connectivity index is 2.08. The summed E-state index contributed by atoms with van der Waals surface area (Å²) in [6, 6.07) is 7.95. The molecule has 0 saturated carbocycles. The van der Waals surface area contributed by atoms with Crippen LogP contribution < -0.4 is 0 Å². The first kappa shape index (κ1) is 20.4. The topological polar surface area (TPSA) is 63.7 Å². The van der Waals surface area contributed by atoms with Crippen LogP contribution in [0.25, 0.3) is 0 Å². The molecule has 3 rings (SSSR count). The fourth-order valence-electron chi connectivity index (χ4n) is 4.09.